The van der Waals surface area contributed by atoms with Crippen molar-refractivity contribution < 1.29 is 0 Å². The van der Waals surface area contributed by atoms with Gasteiger partial charge in [0, 0.05) is 16.3 Å². The third-order valence-electron chi connectivity index (χ3n) is 4.28. The number of aromatic nitrogens is 2. The van der Waals surface area contributed by atoms with Gasteiger partial charge in [0.15, 0.2) is 0 Å². The molecule has 0 fully saturated rings. The number of hydrazone groups is 1. The van der Waals surface area contributed by atoms with Crippen LogP contribution < -0.4 is 11.6 Å². The van der Waals surface area contributed by atoms with Gasteiger partial charge in [-0.05, 0) is 53.6 Å². The minimum absolute atomic E-state index is 0.287. The summed E-state index contributed by atoms with van der Waals surface area (Å²) in [6.45, 7) is 0. The highest BCUT2D eigenvalue weighted by atomic mass is 35.5. The number of nitrogens with two attached hydrogens (primary N) is 2. The molecule has 0 aliphatic heterocycles. The van der Waals surface area contributed by atoms with Crippen LogP contribution in [0.2, 0.25) is 5.02 Å². The van der Waals surface area contributed by atoms with Crippen molar-refractivity contribution in [2.75, 3.05) is 0 Å². The van der Waals surface area contributed by atoms with E-state index in [2.05, 4.69) is 22.2 Å². The maximum absolute atomic E-state index is 5.99. The highest BCUT2D eigenvalue weighted by Gasteiger charge is 2.08. The predicted molar refractivity (Wildman–Crippen MR) is 106 cm³/mol. The third-order valence-corrected chi connectivity index (χ3v) is 4.54. The fraction of sp³-hybridized carbons (Fsp3) is 0. The number of hydrogen-bond acceptors (Lipinski definition) is 3. The van der Waals surface area contributed by atoms with Crippen LogP contribution in [0.3, 0.4) is 0 Å². The molecule has 0 aliphatic rings. The average molecular weight is 362 g/mol. The summed E-state index contributed by atoms with van der Waals surface area (Å²) >= 11 is 5.99. The van der Waals surface area contributed by atoms with Crippen molar-refractivity contribution in [2.45, 2.75) is 0 Å². The molecule has 3 aromatic carbocycles. The molecular formula is C20H16ClN5. The van der Waals surface area contributed by atoms with Crippen LogP contribution in [0.4, 0.5) is 0 Å². The molecule has 0 spiro atoms. The van der Waals surface area contributed by atoms with Gasteiger partial charge in [0.05, 0.1) is 11.0 Å². The van der Waals surface area contributed by atoms with Gasteiger partial charge in [-0.3, -0.25) is 4.57 Å². The second-order valence-electron chi connectivity index (χ2n) is 5.89. The second-order valence-corrected chi connectivity index (χ2v) is 6.33. The second kappa shape index (κ2) is 6.54. The number of benzene rings is 3. The Labute approximate surface area is 155 Å². The minimum atomic E-state index is 0.287. The number of rotatable bonds is 3. The smallest absolute Gasteiger partial charge is 0.150 e. The van der Waals surface area contributed by atoms with Gasteiger partial charge in [0.1, 0.15) is 12.2 Å². The van der Waals surface area contributed by atoms with E-state index in [1.54, 1.807) is 6.33 Å². The van der Waals surface area contributed by atoms with Crippen molar-refractivity contribution in [1.82, 2.24) is 9.55 Å². The zero-order valence-electron chi connectivity index (χ0n) is 13.8. The molecule has 26 heavy (non-hydrogen) atoms. The fourth-order valence-electron chi connectivity index (χ4n) is 2.92. The molecule has 0 saturated heterocycles. The third kappa shape index (κ3) is 2.89. The van der Waals surface area contributed by atoms with Crippen LogP contribution in [0, 0.1) is 0 Å². The zero-order valence-corrected chi connectivity index (χ0v) is 14.6. The summed E-state index contributed by atoms with van der Waals surface area (Å²) in [5.74, 6) is 5.59. The summed E-state index contributed by atoms with van der Waals surface area (Å²) in [6, 6.07) is 21.7. The van der Waals surface area contributed by atoms with Crippen molar-refractivity contribution in [3.05, 3.63) is 83.6 Å². The van der Waals surface area contributed by atoms with E-state index in [4.69, 9.17) is 23.2 Å². The summed E-state index contributed by atoms with van der Waals surface area (Å²) < 4.78 is 2.02. The van der Waals surface area contributed by atoms with E-state index < -0.39 is 0 Å². The summed E-state index contributed by atoms with van der Waals surface area (Å²) in [6.07, 6.45) is 1.80. The molecule has 128 valence electrons. The van der Waals surface area contributed by atoms with E-state index in [-0.39, 0.29) is 5.84 Å². The van der Waals surface area contributed by atoms with Gasteiger partial charge in [0.25, 0.3) is 0 Å². The SMILES string of the molecule is NN=C(N)c1ccc2ncn(-c3cccc(-c4ccc(Cl)cc4)c3)c2c1. The number of hydrogen-bond donors (Lipinski definition) is 2. The number of nitrogens with zero attached hydrogens (tertiary/aromatic N) is 3. The molecule has 4 rings (SSSR count). The van der Waals surface area contributed by atoms with Crippen LogP contribution >= 0.6 is 11.6 Å². The molecule has 0 saturated carbocycles. The summed E-state index contributed by atoms with van der Waals surface area (Å²) in [5, 5.41) is 4.29. The van der Waals surface area contributed by atoms with Crippen molar-refractivity contribution in [3.63, 3.8) is 0 Å². The zero-order chi connectivity index (χ0) is 18.1. The van der Waals surface area contributed by atoms with Crippen LogP contribution in [0.25, 0.3) is 27.8 Å². The Morgan fingerprint density at radius 2 is 1.77 bits per heavy atom. The highest BCUT2D eigenvalue weighted by Crippen LogP contribution is 2.26. The summed E-state index contributed by atoms with van der Waals surface area (Å²) in [5.41, 5.74) is 11.6. The van der Waals surface area contributed by atoms with Gasteiger partial charge in [0.2, 0.25) is 0 Å². The molecule has 0 atom stereocenters. The van der Waals surface area contributed by atoms with E-state index in [0.717, 1.165) is 38.4 Å². The van der Waals surface area contributed by atoms with Crippen molar-refractivity contribution in [2.24, 2.45) is 16.7 Å². The maximum atomic E-state index is 5.99. The quantitative estimate of drug-likeness (QED) is 0.251. The molecule has 4 aromatic rings. The molecule has 0 unspecified atom stereocenters. The molecule has 4 N–H and O–H groups in total. The first-order valence-electron chi connectivity index (χ1n) is 8.03. The largest absolute Gasteiger partial charge is 0.382 e. The summed E-state index contributed by atoms with van der Waals surface area (Å²) in [7, 11) is 0. The van der Waals surface area contributed by atoms with Crippen LogP contribution in [-0.2, 0) is 0 Å². The Kier molecular flexibility index (Phi) is 4.07. The monoisotopic (exact) mass is 361 g/mol. The Morgan fingerprint density at radius 3 is 2.54 bits per heavy atom. The molecule has 0 aliphatic carbocycles. The van der Waals surface area contributed by atoms with E-state index in [1.807, 2.05) is 59.2 Å². The van der Waals surface area contributed by atoms with Crippen molar-refractivity contribution >= 4 is 28.5 Å². The first-order chi connectivity index (χ1) is 12.7. The van der Waals surface area contributed by atoms with E-state index >= 15 is 0 Å². The Balaban J connectivity index is 1.83. The van der Waals surface area contributed by atoms with Gasteiger partial charge in [-0.2, -0.15) is 5.10 Å². The Bertz CT molecular complexity index is 1110. The lowest BCUT2D eigenvalue weighted by Gasteiger charge is -2.09. The molecular weight excluding hydrogens is 346 g/mol. The van der Waals surface area contributed by atoms with Gasteiger partial charge in [-0.25, -0.2) is 4.98 Å². The van der Waals surface area contributed by atoms with Crippen LogP contribution in [0.5, 0.6) is 0 Å². The van der Waals surface area contributed by atoms with Gasteiger partial charge in [-0.1, -0.05) is 35.9 Å². The number of imidazole rings is 1. The lowest BCUT2D eigenvalue weighted by molar-refractivity contribution is 1.09. The Morgan fingerprint density at radius 1 is 0.962 bits per heavy atom. The van der Waals surface area contributed by atoms with E-state index in [9.17, 15) is 0 Å². The van der Waals surface area contributed by atoms with Gasteiger partial charge in [-0.15, -0.1) is 0 Å². The predicted octanol–water partition coefficient (Wildman–Crippen LogP) is 3.92. The first kappa shape index (κ1) is 16.2. The van der Waals surface area contributed by atoms with Crippen molar-refractivity contribution in [1.29, 1.82) is 0 Å². The minimum Gasteiger partial charge on any atom is -0.382 e. The topological polar surface area (TPSA) is 82.2 Å². The molecule has 1 heterocycles. The molecule has 5 nitrogen and oxygen atoms in total. The molecule has 0 amide bonds. The van der Waals surface area contributed by atoms with E-state index in [1.165, 1.54) is 0 Å². The molecule has 6 heteroatoms. The van der Waals surface area contributed by atoms with Gasteiger partial charge < -0.3 is 11.6 Å². The fourth-order valence-corrected chi connectivity index (χ4v) is 3.05. The number of fused-ring (bicyclic) bond motifs is 1. The standard InChI is InChI=1S/C20H16ClN5/c21-16-7-4-13(5-8-16)14-2-1-3-17(10-14)26-12-24-18-9-6-15(11-19(18)26)20(22)25-23/h1-12H,23H2,(H2,22,25). The lowest BCUT2D eigenvalue weighted by atomic mass is 10.1. The average Bonchev–Trinajstić information content (AvgIpc) is 3.11. The molecule has 0 bridgehead atoms. The number of amidine groups is 1. The normalized spacial score (nSPS) is 11.8. The highest BCUT2D eigenvalue weighted by molar-refractivity contribution is 6.30. The summed E-state index contributed by atoms with van der Waals surface area (Å²) in [4.78, 5) is 4.47. The van der Waals surface area contributed by atoms with Crippen LogP contribution in [-0.4, -0.2) is 15.4 Å². The van der Waals surface area contributed by atoms with Crippen LogP contribution in [0.1, 0.15) is 5.56 Å². The maximum Gasteiger partial charge on any atom is 0.150 e. The van der Waals surface area contributed by atoms with Crippen molar-refractivity contribution in [3.8, 4) is 16.8 Å². The van der Waals surface area contributed by atoms with E-state index in [0.29, 0.717) is 0 Å². The van der Waals surface area contributed by atoms with Crippen LogP contribution in [0.15, 0.2) is 78.2 Å². The van der Waals surface area contributed by atoms with Gasteiger partial charge >= 0.3 is 0 Å². The molecule has 0 radical (unpaired) electrons. The Hall–Kier alpha value is -3.31. The number of halogens is 1. The molecule has 1 aromatic heterocycles. The first-order valence-corrected chi connectivity index (χ1v) is 8.41. The lowest BCUT2D eigenvalue weighted by Crippen LogP contribution is -2.15.